The van der Waals surface area contributed by atoms with Gasteiger partial charge in [0.25, 0.3) is 0 Å². The minimum atomic E-state index is -0.297. The van der Waals surface area contributed by atoms with Gasteiger partial charge in [0.05, 0.1) is 18.5 Å². The molecule has 0 aromatic carbocycles. The molecule has 0 radical (unpaired) electrons. The van der Waals surface area contributed by atoms with Gasteiger partial charge < -0.3 is 14.8 Å². The smallest absolute Gasteiger partial charge is 0.322 e. The van der Waals surface area contributed by atoms with Gasteiger partial charge in [0, 0.05) is 6.54 Å². The fraction of sp³-hybridized carbons (Fsp3) is 0.667. The number of hydrogen-bond acceptors (Lipinski definition) is 8. The third-order valence-corrected chi connectivity index (χ3v) is 2.72. The van der Waals surface area contributed by atoms with Crippen molar-refractivity contribution < 1.29 is 14.3 Å². The monoisotopic (exact) mass is 300 g/mol. The molecule has 20 heavy (non-hydrogen) atoms. The van der Waals surface area contributed by atoms with Crippen LogP contribution in [0.5, 0.6) is 6.01 Å². The Hall–Kier alpha value is -1.57. The zero-order valence-electron chi connectivity index (χ0n) is 12.2. The van der Waals surface area contributed by atoms with E-state index in [1.165, 1.54) is 11.8 Å². The molecule has 0 amide bonds. The summed E-state index contributed by atoms with van der Waals surface area (Å²) in [5.74, 6) is 0.295. The van der Waals surface area contributed by atoms with Crippen molar-refractivity contribution in [3.05, 3.63) is 0 Å². The van der Waals surface area contributed by atoms with Crippen LogP contribution in [0.3, 0.4) is 0 Å². The number of nitrogens with one attached hydrogen (secondary N) is 1. The Bertz CT molecular complexity index is 443. The highest BCUT2D eigenvalue weighted by molar-refractivity contribution is 7.99. The van der Waals surface area contributed by atoms with Crippen molar-refractivity contribution in [3.63, 3.8) is 0 Å². The summed E-state index contributed by atoms with van der Waals surface area (Å²) in [6, 6.07) is 0.248. The quantitative estimate of drug-likeness (QED) is 0.574. The molecule has 0 fully saturated rings. The standard InChI is InChI=1S/C12H20N4O3S/c1-5-13-10-14-11(19-8(3)4)16-12(15-10)20-7-9(17)18-6-2/h8H,5-7H2,1-4H3,(H,13,14,15,16). The third kappa shape index (κ3) is 6.05. The largest absolute Gasteiger partial charge is 0.465 e. The van der Waals surface area contributed by atoms with Crippen molar-refractivity contribution in [2.75, 3.05) is 24.2 Å². The minimum Gasteiger partial charge on any atom is -0.465 e. The molecule has 0 saturated carbocycles. The molecule has 0 aliphatic heterocycles. The van der Waals surface area contributed by atoms with Crippen LogP contribution in [-0.2, 0) is 9.53 Å². The first kappa shape index (κ1) is 16.5. The molecule has 7 nitrogen and oxygen atoms in total. The third-order valence-electron chi connectivity index (χ3n) is 1.89. The van der Waals surface area contributed by atoms with Gasteiger partial charge in [-0.3, -0.25) is 4.79 Å². The molecule has 0 aliphatic rings. The topological polar surface area (TPSA) is 86.2 Å². The highest BCUT2D eigenvalue weighted by atomic mass is 32.2. The first-order valence-corrected chi connectivity index (χ1v) is 7.48. The molecular formula is C12H20N4O3S. The number of rotatable bonds is 8. The van der Waals surface area contributed by atoms with Crippen LogP contribution in [0.4, 0.5) is 5.95 Å². The second-order valence-corrected chi connectivity index (χ2v) is 4.96. The van der Waals surface area contributed by atoms with E-state index in [9.17, 15) is 4.79 Å². The predicted octanol–water partition coefficient (Wildman–Crippen LogP) is 1.75. The average molecular weight is 300 g/mol. The van der Waals surface area contributed by atoms with Gasteiger partial charge in [0.1, 0.15) is 0 Å². The number of carbonyl (C=O) groups is 1. The molecule has 0 atom stereocenters. The molecule has 0 unspecified atom stereocenters. The maximum absolute atomic E-state index is 11.3. The summed E-state index contributed by atoms with van der Waals surface area (Å²) in [6.07, 6.45) is -0.0326. The van der Waals surface area contributed by atoms with Crippen LogP contribution in [0.2, 0.25) is 0 Å². The Labute approximate surface area is 122 Å². The minimum absolute atomic E-state index is 0.0326. The van der Waals surface area contributed by atoms with Crippen molar-refractivity contribution in [1.29, 1.82) is 0 Å². The number of thioether (sulfide) groups is 1. The van der Waals surface area contributed by atoms with Gasteiger partial charge in [0.2, 0.25) is 5.95 Å². The molecule has 1 aromatic rings. The lowest BCUT2D eigenvalue weighted by atomic mass is 10.5. The highest BCUT2D eigenvalue weighted by Crippen LogP contribution is 2.18. The van der Waals surface area contributed by atoms with Gasteiger partial charge in [0.15, 0.2) is 5.16 Å². The van der Waals surface area contributed by atoms with Crippen molar-refractivity contribution in [1.82, 2.24) is 15.0 Å². The Balaban J connectivity index is 2.77. The van der Waals surface area contributed by atoms with E-state index in [1.54, 1.807) is 6.92 Å². The molecule has 1 N–H and O–H groups in total. The van der Waals surface area contributed by atoms with Crippen LogP contribution in [0.1, 0.15) is 27.7 Å². The number of hydrogen-bond donors (Lipinski definition) is 1. The van der Waals surface area contributed by atoms with E-state index >= 15 is 0 Å². The number of aromatic nitrogens is 3. The van der Waals surface area contributed by atoms with Crippen LogP contribution in [0.25, 0.3) is 0 Å². The van der Waals surface area contributed by atoms with Crippen LogP contribution < -0.4 is 10.1 Å². The summed E-state index contributed by atoms with van der Waals surface area (Å²) in [7, 11) is 0. The van der Waals surface area contributed by atoms with E-state index in [4.69, 9.17) is 9.47 Å². The maximum atomic E-state index is 11.3. The Morgan fingerprint density at radius 3 is 2.65 bits per heavy atom. The Morgan fingerprint density at radius 1 is 1.30 bits per heavy atom. The lowest BCUT2D eigenvalue weighted by Crippen LogP contribution is -2.12. The van der Waals surface area contributed by atoms with E-state index in [0.29, 0.717) is 24.3 Å². The lowest BCUT2D eigenvalue weighted by Gasteiger charge is -2.10. The molecular weight excluding hydrogens is 280 g/mol. The van der Waals surface area contributed by atoms with E-state index in [1.807, 2.05) is 20.8 Å². The molecule has 0 spiro atoms. The lowest BCUT2D eigenvalue weighted by molar-refractivity contribution is -0.139. The van der Waals surface area contributed by atoms with Gasteiger partial charge in [-0.25, -0.2) is 0 Å². The van der Waals surface area contributed by atoms with Crippen molar-refractivity contribution in [2.45, 2.75) is 39.0 Å². The summed E-state index contributed by atoms with van der Waals surface area (Å²) in [4.78, 5) is 23.8. The zero-order chi connectivity index (χ0) is 15.0. The highest BCUT2D eigenvalue weighted by Gasteiger charge is 2.11. The van der Waals surface area contributed by atoms with Gasteiger partial charge in [-0.05, 0) is 27.7 Å². The molecule has 0 aliphatic carbocycles. The van der Waals surface area contributed by atoms with E-state index in [-0.39, 0.29) is 23.8 Å². The van der Waals surface area contributed by atoms with Crippen molar-refractivity contribution in [2.24, 2.45) is 0 Å². The van der Waals surface area contributed by atoms with E-state index in [2.05, 4.69) is 20.3 Å². The summed E-state index contributed by atoms with van der Waals surface area (Å²) >= 11 is 1.19. The molecule has 0 saturated heterocycles. The second-order valence-electron chi connectivity index (χ2n) is 4.01. The van der Waals surface area contributed by atoms with Gasteiger partial charge in [-0.2, -0.15) is 15.0 Å². The number of nitrogens with zero attached hydrogens (tertiary/aromatic N) is 3. The predicted molar refractivity (Wildman–Crippen MR) is 77.1 cm³/mol. The Morgan fingerprint density at radius 2 is 2.05 bits per heavy atom. The fourth-order valence-corrected chi connectivity index (χ4v) is 1.85. The molecule has 1 rings (SSSR count). The fourth-order valence-electron chi connectivity index (χ4n) is 1.23. The van der Waals surface area contributed by atoms with E-state index in [0.717, 1.165) is 0 Å². The maximum Gasteiger partial charge on any atom is 0.322 e. The summed E-state index contributed by atoms with van der Waals surface area (Å²) in [6.45, 7) is 8.54. The van der Waals surface area contributed by atoms with Gasteiger partial charge >= 0.3 is 12.0 Å². The van der Waals surface area contributed by atoms with Crippen LogP contribution in [0.15, 0.2) is 5.16 Å². The van der Waals surface area contributed by atoms with Crippen LogP contribution in [0, 0.1) is 0 Å². The molecule has 0 bridgehead atoms. The second kappa shape index (κ2) is 8.57. The van der Waals surface area contributed by atoms with Crippen LogP contribution >= 0.6 is 11.8 Å². The number of esters is 1. The molecule has 1 aromatic heterocycles. The number of carbonyl (C=O) groups excluding carboxylic acids is 1. The van der Waals surface area contributed by atoms with E-state index < -0.39 is 0 Å². The van der Waals surface area contributed by atoms with Crippen molar-refractivity contribution in [3.8, 4) is 6.01 Å². The molecule has 8 heteroatoms. The Kier molecular flexibility index (Phi) is 7.06. The summed E-state index contributed by atoms with van der Waals surface area (Å²) < 4.78 is 10.3. The average Bonchev–Trinajstić information content (AvgIpc) is 2.36. The normalized spacial score (nSPS) is 10.4. The van der Waals surface area contributed by atoms with Crippen LogP contribution in [-0.4, -0.2) is 45.9 Å². The van der Waals surface area contributed by atoms with Crippen molar-refractivity contribution >= 4 is 23.7 Å². The summed E-state index contributed by atoms with van der Waals surface area (Å²) in [5.41, 5.74) is 0. The summed E-state index contributed by atoms with van der Waals surface area (Å²) in [5, 5.41) is 3.43. The zero-order valence-corrected chi connectivity index (χ0v) is 13.0. The van der Waals surface area contributed by atoms with Gasteiger partial charge in [-0.15, -0.1) is 0 Å². The SMILES string of the molecule is CCNc1nc(OC(C)C)nc(SCC(=O)OCC)n1. The molecule has 112 valence electrons. The molecule has 1 heterocycles. The first-order chi connectivity index (χ1) is 9.55. The first-order valence-electron chi connectivity index (χ1n) is 6.50. The number of ether oxygens (including phenoxy) is 2. The number of anilines is 1. The van der Waals surface area contributed by atoms with Gasteiger partial charge in [-0.1, -0.05) is 11.8 Å².